The smallest absolute Gasteiger partial charge is 0.274 e. The quantitative estimate of drug-likeness (QED) is 0.342. The number of hydrogen-bond acceptors (Lipinski definition) is 6. The molecule has 1 fully saturated rings. The normalized spacial score (nSPS) is 21.2. The van der Waals surface area contributed by atoms with E-state index in [2.05, 4.69) is 16.8 Å². The number of oxazole rings is 1. The third-order valence-electron chi connectivity index (χ3n) is 6.79. The first-order valence-corrected chi connectivity index (χ1v) is 14.3. The van der Waals surface area contributed by atoms with E-state index in [4.69, 9.17) is 14.3 Å². The highest BCUT2D eigenvalue weighted by Crippen LogP contribution is 2.37. The molecule has 2 atom stereocenters. The van der Waals surface area contributed by atoms with Crippen molar-refractivity contribution < 1.29 is 22.7 Å². The number of nitrogens with two attached hydrogens (primary N) is 1. The molecule has 1 aliphatic heterocycles. The molecular weight excluding hydrogens is 512 g/mol. The average molecular weight is 543 g/mol. The summed E-state index contributed by atoms with van der Waals surface area (Å²) in [6.45, 7) is 3.97. The molecular formula is C31H30N2O5S. The minimum Gasteiger partial charge on any atom is -0.429 e. The fraction of sp³-hybridized carbons (Fsp3) is 0.258. The van der Waals surface area contributed by atoms with E-state index in [1.54, 1.807) is 12.1 Å². The summed E-state index contributed by atoms with van der Waals surface area (Å²) >= 11 is 0. The predicted octanol–water partition coefficient (Wildman–Crippen LogP) is 5.03. The molecule has 0 radical (unpaired) electrons. The molecule has 0 spiro atoms. The fourth-order valence-corrected chi connectivity index (χ4v) is 5.63. The highest BCUT2D eigenvalue weighted by molar-refractivity contribution is 7.89. The van der Waals surface area contributed by atoms with Gasteiger partial charge >= 0.3 is 0 Å². The molecule has 3 aromatic carbocycles. The Balaban J connectivity index is 1.42. The number of hydrogen-bond donors (Lipinski definition) is 2. The largest absolute Gasteiger partial charge is 0.429 e. The lowest BCUT2D eigenvalue weighted by Gasteiger charge is -2.39. The molecule has 5 rings (SSSR count). The molecule has 0 aliphatic carbocycles. The van der Waals surface area contributed by atoms with Crippen LogP contribution in [0.5, 0.6) is 0 Å². The second-order valence-electron chi connectivity index (χ2n) is 10.0. The van der Waals surface area contributed by atoms with E-state index in [-0.39, 0.29) is 23.0 Å². The van der Waals surface area contributed by atoms with E-state index in [0.717, 1.165) is 16.7 Å². The minimum absolute atomic E-state index is 0.0172. The zero-order valence-electron chi connectivity index (χ0n) is 21.8. The molecule has 4 aromatic rings. The van der Waals surface area contributed by atoms with Gasteiger partial charge in [-0.15, -0.1) is 0 Å². The van der Waals surface area contributed by atoms with Crippen LogP contribution in [-0.4, -0.2) is 30.7 Å². The standard InChI is InChI=1S/C31H30N2O5S/c1-21-19-31(34,20-22(2)37-21)26-12-6-8-23(18-26)9-7-13-28-33-29(24-10-4-3-5-11-24)30(38-28)25-14-16-27(17-15-25)39(32,35)36/h3-6,8,10-12,14-18,21-22,34H,9,19-20H2,1-2H3,(H2,32,35,36). The predicted molar refractivity (Wildman–Crippen MR) is 149 cm³/mol. The van der Waals surface area contributed by atoms with Gasteiger partial charge in [0, 0.05) is 30.4 Å². The van der Waals surface area contributed by atoms with Crippen molar-refractivity contribution in [3.05, 3.63) is 95.9 Å². The maximum atomic E-state index is 11.7. The van der Waals surface area contributed by atoms with Crippen LogP contribution in [0.3, 0.4) is 0 Å². The van der Waals surface area contributed by atoms with Gasteiger partial charge in [-0.1, -0.05) is 60.5 Å². The Labute approximate surface area is 228 Å². The number of nitrogens with zero attached hydrogens (tertiary/aromatic N) is 1. The SMILES string of the molecule is CC1CC(O)(c2cccc(CC#Cc3nc(-c4ccccc4)c(-c4ccc(S(N)(=O)=O)cc4)o3)c2)CC(C)O1. The molecule has 2 unspecified atom stereocenters. The van der Waals surface area contributed by atoms with Gasteiger partial charge in [0.15, 0.2) is 5.76 Å². The number of aliphatic hydroxyl groups is 1. The van der Waals surface area contributed by atoms with Crippen LogP contribution in [0.4, 0.5) is 0 Å². The van der Waals surface area contributed by atoms with Crippen LogP contribution in [0.1, 0.15) is 43.7 Å². The third-order valence-corrected chi connectivity index (χ3v) is 7.72. The number of primary sulfonamides is 1. The number of benzene rings is 3. The summed E-state index contributed by atoms with van der Waals surface area (Å²) in [5.74, 6) is 6.90. The summed E-state index contributed by atoms with van der Waals surface area (Å²) in [5.41, 5.74) is 3.03. The van der Waals surface area contributed by atoms with E-state index < -0.39 is 15.6 Å². The molecule has 8 heteroatoms. The van der Waals surface area contributed by atoms with Crippen LogP contribution in [0.2, 0.25) is 0 Å². The van der Waals surface area contributed by atoms with Crippen molar-refractivity contribution in [2.45, 2.75) is 55.8 Å². The first-order valence-electron chi connectivity index (χ1n) is 12.8. The Bertz CT molecular complexity index is 1620. The van der Waals surface area contributed by atoms with Gasteiger partial charge in [-0.25, -0.2) is 18.5 Å². The van der Waals surface area contributed by atoms with Gasteiger partial charge in [0.05, 0.1) is 22.7 Å². The molecule has 0 amide bonds. The van der Waals surface area contributed by atoms with Crippen molar-refractivity contribution in [1.29, 1.82) is 0 Å². The molecule has 0 saturated carbocycles. The highest BCUT2D eigenvalue weighted by Gasteiger charge is 2.38. The first-order chi connectivity index (χ1) is 18.6. The number of aromatic nitrogens is 1. The van der Waals surface area contributed by atoms with E-state index in [9.17, 15) is 13.5 Å². The van der Waals surface area contributed by atoms with E-state index >= 15 is 0 Å². The van der Waals surface area contributed by atoms with Crippen LogP contribution >= 0.6 is 0 Å². The zero-order valence-corrected chi connectivity index (χ0v) is 22.6. The van der Waals surface area contributed by atoms with Gasteiger partial charge in [-0.05, 0) is 55.2 Å². The topological polar surface area (TPSA) is 116 Å². The van der Waals surface area contributed by atoms with Crippen molar-refractivity contribution in [3.8, 4) is 34.4 Å². The molecule has 2 heterocycles. The Morgan fingerprint density at radius 1 is 0.974 bits per heavy atom. The summed E-state index contributed by atoms with van der Waals surface area (Å²) < 4.78 is 35.2. The lowest BCUT2D eigenvalue weighted by molar-refractivity contribution is -0.135. The second-order valence-corrected chi connectivity index (χ2v) is 11.6. The zero-order chi connectivity index (χ0) is 27.6. The van der Waals surface area contributed by atoms with Gasteiger partial charge in [-0.2, -0.15) is 0 Å². The van der Waals surface area contributed by atoms with Gasteiger partial charge < -0.3 is 14.3 Å². The van der Waals surface area contributed by atoms with Crippen LogP contribution in [-0.2, 0) is 26.8 Å². The molecule has 1 saturated heterocycles. The first kappa shape index (κ1) is 26.9. The number of sulfonamides is 1. The van der Waals surface area contributed by atoms with Crippen LogP contribution in [0, 0.1) is 11.8 Å². The molecule has 0 bridgehead atoms. The van der Waals surface area contributed by atoms with Crippen LogP contribution in [0.15, 0.2) is 88.2 Å². The Kier molecular flexibility index (Phi) is 7.43. The minimum atomic E-state index is -3.81. The summed E-state index contributed by atoms with van der Waals surface area (Å²) in [5, 5.41) is 16.6. The summed E-state index contributed by atoms with van der Waals surface area (Å²) in [6.07, 6.45) is 1.51. The number of rotatable bonds is 5. The third kappa shape index (κ3) is 6.13. The Morgan fingerprint density at radius 3 is 2.33 bits per heavy atom. The lowest BCUT2D eigenvalue weighted by atomic mass is 9.81. The van der Waals surface area contributed by atoms with Crippen LogP contribution in [0.25, 0.3) is 22.6 Å². The van der Waals surface area contributed by atoms with Crippen LogP contribution < -0.4 is 5.14 Å². The van der Waals surface area contributed by atoms with Gasteiger partial charge in [0.1, 0.15) is 5.69 Å². The fourth-order valence-electron chi connectivity index (χ4n) is 5.11. The second kappa shape index (κ2) is 10.8. The Hall–Kier alpha value is -3.74. The van der Waals surface area contributed by atoms with E-state index in [1.165, 1.54) is 12.1 Å². The maximum Gasteiger partial charge on any atom is 0.274 e. The lowest BCUT2D eigenvalue weighted by Crippen LogP contribution is -2.41. The molecule has 1 aromatic heterocycles. The van der Waals surface area contributed by atoms with Crippen molar-refractivity contribution in [2.24, 2.45) is 5.14 Å². The summed E-state index contributed by atoms with van der Waals surface area (Å²) in [7, 11) is -3.81. The monoisotopic (exact) mass is 542 g/mol. The molecule has 200 valence electrons. The molecule has 39 heavy (non-hydrogen) atoms. The maximum absolute atomic E-state index is 11.7. The van der Waals surface area contributed by atoms with E-state index in [1.807, 2.05) is 68.4 Å². The van der Waals surface area contributed by atoms with Crippen molar-refractivity contribution in [1.82, 2.24) is 4.98 Å². The van der Waals surface area contributed by atoms with E-state index in [0.29, 0.717) is 36.3 Å². The Morgan fingerprint density at radius 2 is 1.67 bits per heavy atom. The van der Waals surface area contributed by atoms with Gasteiger partial charge in [0.2, 0.25) is 10.0 Å². The van der Waals surface area contributed by atoms with Crippen molar-refractivity contribution in [2.75, 3.05) is 0 Å². The average Bonchev–Trinajstić information content (AvgIpc) is 3.32. The van der Waals surface area contributed by atoms with Crippen molar-refractivity contribution >= 4 is 10.0 Å². The molecule has 3 N–H and O–H groups in total. The number of ether oxygens (including phenoxy) is 1. The summed E-state index contributed by atoms with van der Waals surface area (Å²) in [6, 6.07) is 23.6. The van der Waals surface area contributed by atoms with Gasteiger partial charge in [0.25, 0.3) is 5.89 Å². The highest BCUT2D eigenvalue weighted by atomic mass is 32.2. The molecule has 7 nitrogen and oxygen atoms in total. The summed E-state index contributed by atoms with van der Waals surface area (Å²) in [4.78, 5) is 4.66. The van der Waals surface area contributed by atoms with Crippen molar-refractivity contribution in [3.63, 3.8) is 0 Å². The molecule has 1 aliphatic rings. The van der Waals surface area contributed by atoms with Gasteiger partial charge in [-0.3, -0.25) is 0 Å².